The zero-order chi connectivity index (χ0) is 10.2. The Kier molecular flexibility index (Phi) is 7.41. The molecule has 0 heteroatoms. The van der Waals surface area contributed by atoms with E-state index in [1.165, 1.54) is 44.9 Å². The van der Waals surface area contributed by atoms with Gasteiger partial charge in [-0.25, -0.2) is 0 Å². The van der Waals surface area contributed by atoms with Gasteiger partial charge in [-0.2, -0.15) is 0 Å². The van der Waals surface area contributed by atoms with Crippen LogP contribution in [-0.2, 0) is 0 Å². The van der Waals surface area contributed by atoms with Crippen LogP contribution >= 0.6 is 0 Å². The highest BCUT2D eigenvalue weighted by Crippen LogP contribution is 2.27. The van der Waals surface area contributed by atoms with Crippen molar-refractivity contribution in [2.45, 2.75) is 72.1 Å². The van der Waals surface area contributed by atoms with Gasteiger partial charge in [-0.05, 0) is 11.8 Å². The van der Waals surface area contributed by atoms with E-state index in [0.717, 1.165) is 6.42 Å². The van der Waals surface area contributed by atoms with Crippen LogP contribution in [0.2, 0.25) is 0 Å². The van der Waals surface area contributed by atoms with Crippen molar-refractivity contribution >= 4 is 0 Å². The van der Waals surface area contributed by atoms with Crippen molar-refractivity contribution in [3.05, 3.63) is 6.92 Å². The molecule has 0 heterocycles. The SMILES string of the molecule is [CH2]CCCCCCCC(C)(C)CC. The molecule has 1 radical (unpaired) electrons. The highest BCUT2D eigenvalue weighted by atomic mass is 14.2. The first-order chi connectivity index (χ1) is 6.12. The average Bonchev–Trinajstić information content (AvgIpc) is 2.11. The van der Waals surface area contributed by atoms with Crippen LogP contribution < -0.4 is 0 Å². The Morgan fingerprint density at radius 2 is 1.46 bits per heavy atom. The molecule has 0 aromatic rings. The van der Waals surface area contributed by atoms with E-state index < -0.39 is 0 Å². The molecule has 0 saturated carbocycles. The number of hydrogen-bond donors (Lipinski definition) is 0. The second-order valence-electron chi connectivity index (χ2n) is 4.89. The van der Waals surface area contributed by atoms with Gasteiger partial charge < -0.3 is 0 Å². The van der Waals surface area contributed by atoms with Gasteiger partial charge in [-0.3, -0.25) is 0 Å². The lowest BCUT2D eigenvalue weighted by Gasteiger charge is -2.22. The molecule has 0 aliphatic carbocycles. The largest absolute Gasteiger partial charge is 0.0649 e. The molecule has 0 rings (SSSR count). The fourth-order valence-electron chi connectivity index (χ4n) is 1.49. The second-order valence-corrected chi connectivity index (χ2v) is 4.89. The molecule has 0 spiro atoms. The van der Waals surface area contributed by atoms with Crippen molar-refractivity contribution in [2.75, 3.05) is 0 Å². The summed E-state index contributed by atoms with van der Waals surface area (Å²) in [5.41, 5.74) is 0.576. The standard InChI is InChI=1S/C13H27/c1-5-7-8-9-10-11-12-13(3,4)6-2/h1,5-12H2,2-4H3. The van der Waals surface area contributed by atoms with Crippen molar-refractivity contribution in [1.29, 1.82) is 0 Å². The molecule has 0 fully saturated rings. The zero-order valence-corrected chi connectivity index (χ0v) is 9.86. The summed E-state index contributed by atoms with van der Waals surface area (Å²) in [5, 5.41) is 0. The minimum Gasteiger partial charge on any atom is -0.0649 e. The average molecular weight is 183 g/mol. The molecular weight excluding hydrogens is 156 g/mol. The number of unbranched alkanes of at least 4 members (excludes halogenated alkanes) is 5. The molecule has 0 aliphatic rings. The molecule has 0 saturated heterocycles. The summed E-state index contributed by atoms with van der Waals surface area (Å²) in [6.45, 7) is 10.9. The minimum absolute atomic E-state index is 0.576. The quantitative estimate of drug-likeness (QED) is 0.465. The van der Waals surface area contributed by atoms with Crippen LogP contribution in [0.25, 0.3) is 0 Å². The Bertz CT molecular complexity index is 103. The van der Waals surface area contributed by atoms with Gasteiger partial charge in [-0.15, -0.1) is 0 Å². The summed E-state index contributed by atoms with van der Waals surface area (Å²) >= 11 is 0. The molecule has 0 atom stereocenters. The van der Waals surface area contributed by atoms with Crippen LogP contribution in [0.1, 0.15) is 72.1 Å². The number of rotatable bonds is 8. The topological polar surface area (TPSA) is 0 Å². The maximum atomic E-state index is 3.86. The van der Waals surface area contributed by atoms with Crippen molar-refractivity contribution in [3.8, 4) is 0 Å². The van der Waals surface area contributed by atoms with Crippen LogP contribution in [0, 0.1) is 12.3 Å². The van der Waals surface area contributed by atoms with E-state index in [1.54, 1.807) is 0 Å². The predicted molar refractivity (Wildman–Crippen MR) is 61.7 cm³/mol. The van der Waals surface area contributed by atoms with Gasteiger partial charge in [0.15, 0.2) is 0 Å². The van der Waals surface area contributed by atoms with Gasteiger partial charge in [0.2, 0.25) is 0 Å². The third kappa shape index (κ3) is 8.33. The third-order valence-electron chi connectivity index (χ3n) is 3.06. The van der Waals surface area contributed by atoms with Crippen molar-refractivity contribution in [1.82, 2.24) is 0 Å². The normalized spacial score (nSPS) is 12.0. The van der Waals surface area contributed by atoms with Crippen LogP contribution in [0.3, 0.4) is 0 Å². The van der Waals surface area contributed by atoms with Crippen LogP contribution in [0.15, 0.2) is 0 Å². The lowest BCUT2D eigenvalue weighted by molar-refractivity contribution is 0.307. The van der Waals surface area contributed by atoms with Crippen molar-refractivity contribution < 1.29 is 0 Å². The minimum atomic E-state index is 0.576. The number of hydrogen-bond acceptors (Lipinski definition) is 0. The summed E-state index contributed by atoms with van der Waals surface area (Å²) in [6.07, 6.45) is 10.8. The van der Waals surface area contributed by atoms with E-state index in [1.807, 2.05) is 0 Å². The Morgan fingerprint density at radius 3 is 2.00 bits per heavy atom. The maximum absolute atomic E-state index is 3.86. The first-order valence-corrected chi connectivity index (χ1v) is 5.91. The lowest BCUT2D eigenvalue weighted by Crippen LogP contribution is -2.08. The lowest BCUT2D eigenvalue weighted by atomic mass is 9.84. The molecule has 0 N–H and O–H groups in total. The van der Waals surface area contributed by atoms with Gasteiger partial charge in [0, 0.05) is 0 Å². The van der Waals surface area contributed by atoms with E-state index in [9.17, 15) is 0 Å². The Morgan fingerprint density at radius 1 is 0.923 bits per heavy atom. The summed E-state index contributed by atoms with van der Waals surface area (Å²) in [4.78, 5) is 0. The van der Waals surface area contributed by atoms with Gasteiger partial charge in [0.25, 0.3) is 0 Å². The molecule has 0 nitrogen and oxygen atoms in total. The molecule has 13 heavy (non-hydrogen) atoms. The fourth-order valence-corrected chi connectivity index (χ4v) is 1.49. The molecule has 0 unspecified atom stereocenters. The highest BCUT2D eigenvalue weighted by molar-refractivity contribution is 4.65. The Balaban J connectivity index is 3.16. The van der Waals surface area contributed by atoms with E-state index in [2.05, 4.69) is 27.7 Å². The second kappa shape index (κ2) is 7.41. The predicted octanol–water partition coefficient (Wildman–Crippen LogP) is 4.99. The van der Waals surface area contributed by atoms with Crippen LogP contribution in [-0.4, -0.2) is 0 Å². The summed E-state index contributed by atoms with van der Waals surface area (Å²) < 4.78 is 0. The fraction of sp³-hybridized carbons (Fsp3) is 0.923. The summed E-state index contributed by atoms with van der Waals surface area (Å²) in [7, 11) is 0. The van der Waals surface area contributed by atoms with E-state index in [-0.39, 0.29) is 0 Å². The molecule has 0 aliphatic heterocycles. The summed E-state index contributed by atoms with van der Waals surface area (Å²) in [5.74, 6) is 0. The molecular formula is C13H27. The summed E-state index contributed by atoms with van der Waals surface area (Å²) in [6, 6.07) is 0. The molecule has 79 valence electrons. The zero-order valence-electron chi connectivity index (χ0n) is 9.86. The molecule has 0 aromatic heterocycles. The third-order valence-corrected chi connectivity index (χ3v) is 3.06. The van der Waals surface area contributed by atoms with E-state index in [4.69, 9.17) is 0 Å². The van der Waals surface area contributed by atoms with E-state index >= 15 is 0 Å². The van der Waals surface area contributed by atoms with Gasteiger partial charge in [0.1, 0.15) is 0 Å². The van der Waals surface area contributed by atoms with Gasteiger partial charge in [0.05, 0.1) is 0 Å². The first kappa shape index (κ1) is 13.0. The molecule has 0 bridgehead atoms. The highest BCUT2D eigenvalue weighted by Gasteiger charge is 2.13. The Hall–Kier alpha value is 0. The molecule has 0 amide bonds. The van der Waals surface area contributed by atoms with Crippen molar-refractivity contribution in [2.24, 2.45) is 5.41 Å². The van der Waals surface area contributed by atoms with Crippen LogP contribution in [0.5, 0.6) is 0 Å². The van der Waals surface area contributed by atoms with Crippen LogP contribution in [0.4, 0.5) is 0 Å². The maximum Gasteiger partial charge on any atom is -0.0357 e. The monoisotopic (exact) mass is 183 g/mol. The Labute approximate surface area is 85.1 Å². The van der Waals surface area contributed by atoms with Gasteiger partial charge in [-0.1, -0.05) is 72.6 Å². The molecule has 0 aromatic carbocycles. The smallest absolute Gasteiger partial charge is 0.0357 e. The van der Waals surface area contributed by atoms with E-state index in [0.29, 0.717) is 5.41 Å². The van der Waals surface area contributed by atoms with Gasteiger partial charge >= 0.3 is 0 Å². The first-order valence-electron chi connectivity index (χ1n) is 5.91. The van der Waals surface area contributed by atoms with Crippen molar-refractivity contribution in [3.63, 3.8) is 0 Å².